The number of hydrogen-bond donors (Lipinski definition) is 0. The van der Waals surface area contributed by atoms with Crippen molar-refractivity contribution in [2.24, 2.45) is 0 Å². The van der Waals surface area contributed by atoms with E-state index in [0.29, 0.717) is 0 Å². The summed E-state index contributed by atoms with van der Waals surface area (Å²) >= 11 is 0. The summed E-state index contributed by atoms with van der Waals surface area (Å²) in [6.07, 6.45) is 7.80. The van der Waals surface area contributed by atoms with E-state index in [1.165, 1.54) is 37.0 Å². The van der Waals surface area contributed by atoms with Gasteiger partial charge in [-0.25, -0.2) is 0 Å². The first-order valence-corrected chi connectivity index (χ1v) is 11.8. The van der Waals surface area contributed by atoms with Gasteiger partial charge < -0.3 is 0 Å². The molecule has 3 heteroatoms. The third-order valence-electron chi connectivity index (χ3n) is 4.30. The molecule has 0 atom stereocenters. The summed E-state index contributed by atoms with van der Waals surface area (Å²) in [6, 6.07) is 0. The Labute approximate surface area is 98.2 Å². The maximum absolute atomic E-state index is 6.80. The fourth-order valence-corrected chi connectivity index (χ4v) is 12.5. The summed E-state index contributed by atoms with van der Waals surface area (Å²) in [6.45, 7) is 14.0. The topological polar surface area (TPSA) is 9.23 Å². The van der Waals surface area contributed by atoms with E-state index in [9.17, 15) is 0 Å². The second kappa shape index (κ2) is 7.21. The van der Waals surface area contributed by atoms with Gasteiger partial charge >= 0.3 is 97.8 Å². The molecule has 96 valence electrons. The predicted molar refractivity (Wildman–Crippen MR) is 81.0 cm³/mol. The van der Waals surface area contributed by atoms with Crippen molar-refractivity contribution in [1.29, 1.82) is 0 Å². The van der Waals surface area contributed by atoms with Crippen LogP contribution in [0.15, 0.2) is 0 Å². The molecule has 0 fully saturated rings. The van der Waals surface area contributed by atoms with Crippen molar-refractivity contribution in [3.8, 4) is 0 Å². The van der Waals surface area contributed by atoms with E-state index < -0.39 is 15.0 Å². The van der Waals surface area contributed by atoms with Crippen LogP contribution in [0.4, 0.5) is 0 Å². The van der Waals surface area contributed by atoms with Crippen LogP contribution < -0.4 is 0 Å². The van der Waals surface area contributed by atoms with E-state index in [1.807, 2.05) is 0 Å². The van der Waals surface area contributed by atoms with Gasteiger partial charge in [-0.3, -0.25) is 0 Å². The zero-order chi connectivity index (χ0) is 11.9. The van der Waals surface area contributed by atoms with Crippen LogP contribution in [-0.4, -0.2) is 37.0 Å². The third kappa shape index (κ3) is 3.95. The summed E-state index contributed by atoms with van der Waals surface area (Å²) in [5, 5.41) is 0. The molecule has 0 rings (SSSR count). The summed E-state index contributed by atoms with van der Waals surface area (Å²) in [7, 11) is -2.71. The van der Waals surface area contributed by atoms with Gasteiger partial charge in [0.15, 0.2) is 0 Å². The molecule has 0 spiro atoms. The first-order valence-electron chi connectivity index (χ1n) is 6.77. The van der Waals surface area contributed by atoms with Crippen molar-refractivity contribution in [2.75, 3.05) is 37.0 Å². The molecule has 0 unspecified atom stereocenters. The molecule has 0 bridgehead atoms. The first-order chi connectivity index (χ1) is 7.07. The molecule has 0 aliphatic rings. The number of hydrogen-bond acceptors (Lipinski definition) is 1. The molecule has 0 aliphatic carbocycles. The van der Waals surface area contributed by atoms with Crippen molar-refractivity contribution in [3.05, 3.63) is 0 Å². The Bertz CT molecular complexity index is 128. The zero-order valence-electron chi connectivity index (χ0n) is 11.7. The van der Waals surface area contributed by atoms with Crippen molar-refractivity contribution in [3.63, 3.8) is 0 Å². The average Bonchev–Trinajstić information content (AvgIpc) is 2.33. The molecule has 0 aromatic heterocycles. The minimum absolute atomic E-state index is 1.30. The quantitative estimate of drug-likeness (QED) is 0.581. The van der Waals surface area contributed by atoms with Crippen LogP contribution in [0.3, 0.4) is 0 Å². The second-order valence-corrected chi connectivity index (χ2v) is 14.4. The van der Waals surface area contributed by atoms with E-state index >= 15 is 0 Å². The van der Waals surface area contributed by atoms with Gasteiger partial charge in [0, 0.05) is 0 Å². The fraction of sp³-hybridized carbons (Fsp3) is 1.00. The van der Waals surface area contributed by atoms with Crippen LogP contribution in [0.5, 0.6) is 0 Å². The van der Waals surface area contributed by atoms with Crippen LogP contribution in [0, 0.1) is 0 Å². The molecule has 0 N–H and O–H groups in total. The summed E-state index contributed by atoms with van der Waals surface area (Å²) < 4.78 is 6.80. The van der Waals surface area contributed by atoms with E-state index in [4.69, 9.17) is 4.31 Å². The second-order valence-electron chi connectivity index (χ2n) is 4.59. The number of rotatable bonds is 8. The van der Waals surface area contributed by atoms with Crippen molar-refractivity contribution >= 4 is 15.0 Å². The Morgan fingerprint density at radius 1 is 0.533 bits per heavy atom. The summed E-state index contributed by atoms with van der Waals surface area (Å²) in [4.78, 5) is 0. The summed E-state index contributed by atoms with van der Waals surface area (Å²) in [5.74, 6) is 0. The zero-order valence-corrected chi connectivity index (χ0v) is 13.7. The Morgan fingerprint density at radius 2 is 0.733 bits per heavy atom. The van der Waals surface area contributed by atoms with Gasteiger partial charge in [-0.15, -0.1) is 0 Å². The van der Waals surface area contributed by atoms with Gasteiger partial charge in [-0.1, -0.05) is 0 Å². The van der Waals surface area contributed by atoms with E-state index in [1.54, 1.807) is 0 Å². The molecule has 15 heavy (non-hydrogen) atoms. The van der Waals surface area contributed by atoms with Crippen LogP contribution in [0.1, 0.15) is 41.5 Å². The van der Waals surface area contributed by atoms with Crippen LogP contribution in [0.2, 0.25) is 0 Å². The minimum atomic E-state index is -1.35. The molecule has 0 heterocycles. The molecule has 0 amide bonds. The van der Waals surface area contributed by atoms with Crippen LogP contribution >= 0.6 is 15.0 Å². The van der Waals surface area contributed by atoms with Gasteiger partial charge in [0.25, 0.3) is 0 Å². The van der Waals surface area contributed by atoms with Crippen molar-refractivity contribution in [2.45, 2.75) is 41.5 Å². The van der Waals surface area contributed by atoms with Gasteiger partial charge in [0.1, 0.15) is 0 Å². The molecule has 0 saturated carbocycles. The molecule has 0 aromatic rings. The molecule has 0 radical (unpaired) electrons. The third-order valence-corrected chi connectivity index (χ3v) is 15.5. The first kappa shape index (κ1) is 15.8. The Balaban J connectivity index is 4.74. The molecule has 0 saturated heterocycles. The standard InChI is InChI=1S/C12H32OP2/c1-7-14(8-2,9-3)13-15(10-4,11-5)12-6/h14-15H,7-12H2,1-6H3. The van der Waals surface area contributed by atoms with E-state index in [2.05, 4.69) is 41.5 Å². The maximum atomic E-state index is 6.80. The molecule has 1 nitrogen and oxygen atoms in total. The fourth-order valence-electron chi connectivity index (χ4n) is 2.39. The SMILES string of the molecule is CC[PH](CC)(CC)O[PH](CC)(CC)CC. The van der Waals surface area contributed by atoms with Gasteiger partial charge in [0.05, 0.1) is 0 Å². The van der Waals surface area contributed by atoms with Gasteiger partial charge in [0.2, 0.25) is 0 Å². The van der Waals surface area contributed by atoms with Crippen molar-refractivity contribution in [1.82, 2.24) is 0 Å². The van der Waals surface area contributed by atoms with Gasteiger partial charge in [-0.2, -0.15) is 0 Å². The Morgan fingerprint density at radius 3 is 0.867 bits per heavy atom. The molecular weight excluding hydrogens is 222 g/mol. The monoisotopic (exact) mass is 254 g/mol. The predicted octanol–water partition coefficient (Wildman–Crippen LogP) is 4.45. The molecule has 0 aliphatic heterocycles. The molecular formula is C12H32OP2. The van der Waals surface area contributed by atoms with E-state index in [0.717, 1.165) is 0 Å². The Hall–Kier alpha value is 0.820. The normalized spacial score (nSPS) is 15.3. The molecule has 0 aromatic carbocycles. The van der Waals surface area contributed by atoms with E-state index in [-0.39, 0.29) is 0 Å². The van der Waals surface area contributed by atoms with Crippen LogP contribution in [-0.2, 0) is 4.31 Å². The van der Waals surface area contributed by atoms with Crippen molar-refractivity contribution < 1.29 is 4.31 Å². The average molecular weight is 254 g/mol. The van der Waals surface area contributed by atoms with Crippen LogP contribution in [0.25, 0.3) is 0 Å². The Kier molecular flexibility index (Phi) is 7.60. The van der Waals surface area contributed by atoms with Gasteiger partial charge in [-0.05, 0) is 0 Å². The summed E-state index contributed by atoms with van der Waals surface area (Å²) in [5.41, 5.74) is 0.